The summed E-state index contributed by atoms with van der Waals surface area (Å²) in [7, 11) is 0. The van der Waals surface area contributed by atoms with Crippen molar-refractivity contribution < 1.29 is 9.53 Å². The summed E-state index contributed by atoms with van der Waals surface area (Å²) in [5.74, 6) is 0.388. The molecule has 0 spiro atoms. The third-order valence-corrected chi connectivity index (χ3v) is 5.63. The molecule has 0 atom stereocenters. The number of anilines is 2. The van der Waals surface area contributed by atoms with E-state index in [9.17, 15) is 4.79 Å². The van der Waals surface area contributed by atoms with E-state index in [1.807, 2.05) is 80.6 Å². The Morgan fingerprint density at radius 2 is 1.94 bits per heavy atom. The van der Waals surface area contributed by atoms with Crippen LogP contribution in [-0.4, -0.2) is 23.7 Å². The van der Waals surface area contributed by atoms with Gasteiger partial charge in [0.2, 0.25) is 5.13 Å². The average Bonchev–Trinajstić information content (AvgIpc) is 3.18. The molecule has 7 heteroatoms. The van der Waals surface area contributed by atoms with Crippen molar-refractivity contribution >= 4 is 44.5 Å². The average molecular weight is 431 g/mol. The third-order valence-electron chi connectivity index (χ3n) is 4.69. The largest absolute Gasteiger partial charge is 0.484 e. The van der Waals surface area contributed by atoms with E-state index in [0.717, 1.165) is 32.2 Å². The van der Waals surface area contributed by atoms with Gasteiger partial charge in [0, 0.05) is 5.69 Å². The normalized spacial score (nSPS) is 11.0. The molecule has 0 aliphatic rings. The third kappa shape index (κ3) is 5.46. The molecule has 4 aromatic rings. The Morgan fingerprint density at radius 1 is 1.06 bits per heavy atom. The minimum atomic E-state index is -0.208. The fourth-order valence-electron chi connectivity index (χ4n) is 2.93. The second kappa shape index (κ2) is 9.40. The first-order valence-corrected chi connectivity index (χ1v) is 10.6. The molecule has 0 aliphatic carbocycles. The molecule has 2 N–H and O–H groups in total. The number of nitrogens with zero attached hydrogens (tertiary/aromatic N) is 2. The Balaban J connectivity index is 1.31. The van der Waals surface area contributed by atoms with Gasteiger partial charge >= 0.3 is 0 Å². The number of rotatable bonds is 7. The Labute approximate surface area is 184 Å². The molecule has 0 radical (unpaired) electrons. The number of benzene rings is 3. The molecule has 1 aromatic heterocycles. The summed E-state index contributed by atoms with van der Waals surface area (Å²) in [4.78, 5) is 16.7. The Hall–Kier alpha value is -3.71. The lowest BCUT2D eigenvalue weighted by atomic mass is 10.1. The fraction of sp³-hybridized carbons (Fsp3) is 0.125. The lowest BCUT2D eigenvalue weighted by Crippen LogP contribution is -2.20. The van der Waals surface area contributed by atoms with Crippen LogP contribution in [-0.2, 0) is 4.79 Å². The molecule has 0 bridgehead atoms. The van der Waals surface area contributed by atoms with Crippen molar-refractivity contribution in [2.75, 3.05) is 17.3 Å². The highest BCUT2D eigenvalue weighted by molar-refractivity contribution is 7.22. The Bertz CT molecular complexity index is 1220. The van der Waals surface area contributed by atoms with Gasteiger partial charge in [-0.05, 0) is 66.9 Å². The summed E-state index contributed by atoms with van der Waals surface area (Å²) < 4.78 is 6.74. The predicted molar refractivity (Wildman–Crippen MR) is 127 cm³/mol. The number of amides is 1. The highest BCUT2D eigenvalue weighted by Gasteiger charge is 2.05. The van der Waals surface area contributed by atoms with Crippen molar-refractivity contribution in [3.63, 3.8) is 0 Å². The molecule has 31 heavy (non-hydrogen) atoms. The van der Waals surface area contributed by atoms with Crippen molar-refractivity contribution in [1.82, 2.24) is 4.98 Å². The second-order valence-corrected chi connectivity index (χ2v) is 8.10. The summed E-state index contributed by atoms with van der Waals surface area (Å²) >= 11 is 1.54. The molecule has 0 unspecified atom stereocenters. The zero-order chi connectivity index (χ0) is 21.6. The summed E-state index contributed by atoms with van der Waals surface area (Å²) in [6.07, 6.45) is 1.69. The molecule has 1 amide bonds. The van der Waals surface area contributed by atoms with Gasteiger partial charge in [-0.2, -0.15) is 5.10 Å². The summed E-state index contributed by atoms with van der Waals surface area (Å²) in [6.45, 7) is 3.98. The number of hydrogen-bond acceptors (Lipinski definition) is 6. The van der Waals surface area contributed by atoms with Crippen molar-refractivity contribution in [2.45, 2.75) is 13.8 Å². The van der Waals surface area contributed by atoms with Crippen LogP contribution in [0.15, 0.2) is 71.8 Å². The standard InChI is InChI=1S/C24H22N4O2S/c1-16-10-11-19(12-17(16)2)26-23(29)15-30-20-7-5-6-18(13-20)14-25-28-24-27-21-8-3-4-9-22(21)31-24/h3-14H,15H2,1-2H3,(H,26,29)(H,27,28)/b25-14+. The lowest BCUT2D eigenvalue weighted by molar-refractivity contribution is -0.118. The fourth-order valence-corrected chi connectivity index (χ4v) is 3.75. The zero-order valence-corrected chi connectivity index (χ0v) is 18.1. The molecule has 0 fully saturated rings. The van der Waals surface area contributed by atoms with Gasteiger partial charge in [0.15, 0.2) is 6.61 Å². The van der Waals surface area contributed by atoms with Crippen molar-refractivity contribution in [3.05, 3.63) is 83.4 Å². The van der Waals surface area contributed by atoms with Crippen molar-refractivity contribution in [1.29, 1.82) is 0 Å². The van der Waals surface area contributed by atoms with Crippen LogP contribution in [0.25, 0.3) is 10.2 Å². The maximum atomic E-state index is 12.2. The second-order valence-electron chi connectivity index (χ2n) is 7.07. The van der Waals surface area contributed by atoms with E-state index in [1.54, 1.807) is 17.6 Å². The highest BCUT2D eigenvalue weighted by atomic mass is 32.1. The maximum absolute atomic E-state index is 12.2. The first-order valence-electron chi connectivity index (χ1n) is 9.81. The number of carbonyl (C=O) groups is 1. The SMILES string of the molecule is Cc1ccc(NC(=O)COc2cccc(/C=N/Nc3nc4ccccc4s3)c2)cc1C. The van der Waals surface area contributed by atoms with Gasteiger partial charge in [-0.15, -0.1) is 0 Å². The minimum Gasteiger partial charge on any atom is -0.484 e. The van der Waals surface area contributed by atoms with E-state index in [4.69, 9.17) is 4.74 Å². The molecule has 6 nitrogen and oxygen atoms in total. The van der Waals surface area contributed by atoms with Gasteiger partial charge in [-0.25, -0.2) is 4.98 Å². The number of hydrazone groups is 1. The maximum Gasteiger partial charge on any atom is 0.262 e. The number of ether oxygens (including phenoxy) is 1. The van der Waals surface area contributed by atoms with Gasteiger partial charge < -0.3 is 10.1 Å². The predicted octanol–water partition coefficient (Wildman–Crippen LogP) is 5.38. The number of carbonyl (C=O) groups excluding carboxylic acids is 1. The van der Waals surface area contributed by atoms with Gasteiger partial charge in [0.1, 0.15) is 5.75 Å². The van der Waals surface area contributed by atoms with Gasteiger partial charge in [-0.1, -0.05) is 41.7 Å². The number of thiazole rings is 1. The summed E-state index contributed by atoms with van der Waals surface area (Å²) in [5, 5.41) is 7.83. The molecule has 0 saturated carbocycles. The van der Waals surface area contributed by atoms with Gasteiger partial charge in [0.05, 0.1) is 16.4 Å². The number of nitrogens with one attached hydrogen (secondary N) is 2. The Kier molecular flexibility index (Phi) is 6.24. The van der Waals surface area contributed by atoms with E-state index >= 15 is 0 Å². The van der Waals surface area contributed by atoms with Gasteiger partial charge in [-0.3, -0.25) is 10.2 Å². The smallest absolute Gasteiger partial charge is 0.262 e. The molecule has 4 rings (SSSR count). The van der Waals surface area contributed by atoms with Crippen LogP contribution >= 0.6 is 11.3 Å². The quantitative estimate of drug-likeness (QED) is 0.305. The van der Waals surface area contributed by atoms with Crippen LogP contribution in [0.3, 0.4) is 0 Å². The molecule has 3 aromatic carbocycles. The topological polar surface area (TPSA) is 75.6 Å². The molecule has 1 heterocycles. The molecule has 0 saturated heterocycles. The van der Waals surface area contributed by atoms with E-state index < -0.39 is 0 Å². The van der Waals surface area contributed by atoms with Crippen LogP contribution < -0.4 is 15.5 Å². The number of fused-ring (bicyclic) bond motifs is 1. The van der Waals surface area contributed by atoms with Crippen LogP contribution in [0, 0.1) is 13.8 Å². The molecular weight excluding hydrogens is 408 g/mol. The highest BCUT2D eigenvalue weighted by Crippen LogP contribution is 2.25. The Morgan fingerprint density at radius 3 is 2.77 bits per heavy atom. The molecule has 156 valence electrons. The lowest BCUT2D eigenvalue weighted by Gasteiger charge is -2.09. The van der Waals surface area contributed by atoms with Gasteiger partial charge in [0.25, 0.3) is 5.91 Å². The van der Waals surface area contributed by atoms with Crippen LogP contribution in [0.5, 0.6) is 5.75 Å². The van der Waals surface area contributed by atoms with E-state index in [1.165, 1.54) is 5.56 Å². The number of aromatic nitrogens is 1. The number of para-hydroxylation sites is 1. The number of hydrogen-bond donors (Lipinski definition) is 2. The van der Waals surface area contributed by atoms with Crippen molar-refractivity contribution in [3.8, 4) is 5.75 Å². The van der Waals surface area contributed by atoms with Crippen molar-refractivity contribution in [2.24, 2.45) is 5.10 Å². The van der Waals surface area contributed by atoms with E-state index in [-0.39, 0.29) is 12.5 Å². The summed E-state index contributed by atoms with van der Waals surface area (Å²) in [6, 6.07) is 21.2. The number of aryl methyl sites for hydroxylation is 2. The zero-order valence-electron chi connectivity index (χ0n) is 17.3. The van der Waals surface area contributed by atoms with E-state index in [0.29, 0.717) is 5.75 Å². The van der Waals surface area contributed by atoms with Crippen LogP contribution in [0.4, 0.5) is 10.8 Å². The van der Waals surface area contributed by atoms with Crippen LogP contribution in [0.2, 0.25) is 0 Å². The molecular formula is C24H22N4O2S. The first-order chi connectivity index (χ1) is 15.1. The monoisotopic (exact) mass is 430 g/mol. The molecule has 0 aliphatic heterocycles. The van der Waals surface area contributed by atoms with Crippen LogP contribution in [0.1, 0.15) is 16.7 Å². The van der Waals surface area contributed by atoms with E-state index in [2.05, 4.69) is 20.8 Å². The minimum absolute atomic E-state index is 0.0719. The first kappa shape index (κ1) is 20.6. The summed E-state index contributed by atoms with van der Waals surface area (Å²) in [5.41, 5.74) is 7.83.